The summed E-state index contributed by atoms with van der Waals surface area (Å²) in [6, 6.07) is 0. The molecule has 3 heterocycles. The van der Waals surface area contributed by atoms with Gasteiger partial charge in [-0.3, -0.25) is 9.69 Å². The van der Waals surface area contributed by atoms with Crippen LogP contribution in [0.5, 0.6) is 0 Å². The fraction of sp³-hybridized carbons (Fsp3) is 0.533. The van der Waals surface area contributed by atoms with Gasteiger partial charge in [-0.25, -0.2) is 14.4 Å². The van der Waals surface area contributed by atoms with E-state index in [1.807, 2.05) is 18.0 Å². The van der Waals surface area contributed by atoms with Crippen molar-refractivity contribution in [2.45, 2.75) is 12.0 Å². The van der Waals surface area contributed by atoms with E-state index < -0.39 is 11.4 Å². The molecule has 2 saturated heterocycles. The second-order valence-corrected chi connectivity index (χ2v) is 5.87. The molecule has 1 unspecified atom stereocenters. The summed E-state index contributed by atoms with van der Waals surface area (Å²) in [6.07, 6.45) is 4.86. The number of piperazine rings is 1. The van der Waals surface area contributed by atoms with Crippen molar-refractivity contribution in [3.63, 3.8) is 0 Å². The molecule has 3 rings (SSSR count). The lowest BCUT2D eigenvalue weighted by atomic mass is 9.91. The van der Waals surface area contributed by atoms with Crippen molar-refractivity contribution in [2.75, 3.05) is 44.7 Å². The normalized spacial score (nSPS) is 26.0. The first-order valence-corrected chi connectivity index (χ1v) is 7.41. The molecule has 7 heteroatoms. The van der Waals surface area contributed by atoms with Crippen LogP contribution < -0.4 is 4.90 Å². The number of hydrogen-bond acceptors (Lipinski definition) is 5. The summed E-state index contributed by atoms with van der Waals surface area (Å²) in [5, 5.41) is 0. The minimum atomic E-state index is -0.557. The largest absolute Gasteiger partial charge is 0.343 e. The van der Waals surface area contributed by atoms with Gasteiger partial charge in [-0.1, -0.05) is 6.08 Å². The molecule has 0 aromatic carbocycles. The van der Waals surface area contributed by atoms with Crippen LogP contribution in [0.3, 0.4) is 0 Å². The van der Waals surface area contributed by atoms with Gasteiger partial charge in [-0.2, -0.15) is 0 Å². The van der Waals surface area contributed by atoms with E-state index in [4.69, 9.17) is 0 Å². The molecule has 0 bridgehead atoms. The van der Waals surface area contributed by atoms with Crippen molar-refractivity contribution in [3.8, 4) is 0 Å². The Morgan fingerprint density at radius 3 is 2.77 bits per heavy atom. The number of carbonyl (C=O) groups excluding carboxylic acids is 1. The maximum absolute atomic E-state index is 13.0. The van der Waals surface area contributed by atoms with Gasteiger partial charge in [-0.05, 0) is 6.42 Å². The van der Waals surface area contributed by atoms with Crippen LogP contribution in [0.4, 0.5) is 10.3 Å². The summed E-state index contributed by atoms with van der Waals surface area (Å²) in [5.41, 5.74) is -0.557. The van der Waals surface area contributed by atoms with E-state index in [9.17, 15) is 9.18 Å². The van der Waals surface area contributed by atoms with Gasteiger partial charge in [0.2, 0.25) is 11.9 Å². The molecule has 0 N–H and O–H groups in total. The summed E-state index contributed by atoms with van der Waals surface area (Å²) in [7, 11) is 1.84. The highest BCUT2D eigenvalue weighted by molar-refractivity contribution is 5.88. The lowest BCUT2D eigenvalue weighted by Crippen LogP contribution is -2.66. The molecule has 0 saturated carbocycles. The average molecular weight is 305 g/mol. The van der Waals surface area contributed by atoms with E-state index in [2.05, 4.69) is 21.4 Å². The Labute approximate surface area is 129 Å². The van der Waals surface area contributed by atoms with Crippen molar-refractivity contribution in [2.24, 2.45) is 0 Å². The van der Waals surface area contributed by atoms with Crippen molar-refractivity contribution in [1.82, 2.24) is 19.8 Å². The Bertz CT molecular complexity index is 578. The van der Waals surface area contributed by atoms with Gasteiger partial charge in [0.1, 0.15) is 5.54 Å². The van der Waals surface area contributed by atoms with Crippen LogP contribution in [-0.4, -0.2) is 71.0 Å². The molecule has 0 aliphatic carbocycles. The SMILES string of the molecule is C=CCN1CCN(C)C(=O)C12CCN(c1ncc(F)cn1)C2. The number of carbonyl (C=O) groups is 1. The lowest BCUT2D eigenvalue weighted by molar-refractivity contribution is -0.147. The molecule has 2 aliphatic rings. The number of amides is 1. The Balaban J connectivity index is 1.86. The first-order chi connectivity index (χ1) is 10.6. The molecule has 2 fully saturated rings. The summed E-state index contributed by atoms with van der Waals surface area (Å²) >= 11 is 0. The second kappa shape index (κ2) is 5.64. The van der Waals surface area contributed by atoms with Gasteiger partial charge < -0.3 is 9.80 Å². The maximum atomic E-state index is 13.0. The molecule has 1 aromatic rings. The van der Waals surface area contributed by atoms with E-state index in [0.717, 1.165) is 25.5 Å². The topological polar surface area (TPSA) is 52.6 Å². The Hall–Kier alpha value is -2.02. The van der Waals surface area contributed by atoms with E-state index in [1.165, 1.54) is 0 Å². The van der Waals surface area contributed by atoms with Gasteiger partial charge >= 0.3 is 0 Å². The number of anilines is 1. The zero-order valence-electron chi connectivity index (χ0n) is 12.7. The Kier molecular flexibility index (Phi) is 3.82. The van der Waals surface area contributed by atoms with Crippen molar-refractivity contribution >= 4 is 11.9 Å². The molecule has 22 heavy (non-hydrogen) atoms. The smallest absolute Gasteiger partial charge is 0.244 e. The van der Waals surface area contributed by atoms with Crippen molar-refractivity contribution in [3.05, 3.63) is 30.9 Å². The minimum absolute atomic E-state index is 0.130. The molecule has 118 valence electrons. The van der Waals surface area contributed by atoms with Crippen LogP contribution in [0.1, 0.15) is 6.42 Å². The molecular formula is C15H20FN5O. The highest BCUT2D eigenvalue weighted by atomic mass is 19.1. The quantitative estimate of drug-likeness (QED) is 0.762. The standard InChI is InChI=1S/C15H20FN5O/c1-3-5-21-8-7-19(2)13(22)15(21)4-6-20(11-15)14-17-9-12(16)10-18-14/h3,9-10H,1,4-8,11H2,2H3. The maximum Gasteiger partial charge on any atom is 0.244 e. The summed E-state index contributed by atoms with van der Waals surface area (Å²) in [4.78, 5) is 26.8. The van der Waals surface area contributed by atoms with Gasteiger partial charge in [0.25, 0.3) is 0 Å². The van der Waals surface area contributed by atoms with Crippen LogP contribution in [0.15, 0.2) is 25.0 Å². The van der Waals surface area contributed by atoms with Gasteiger partial charge in [0.05, 0.1) is 12.4 Å². The Morgan fingerprint density at radius 1 is 1.36 bits per heavy atom. The minimum Gasteiger partial charge on any atom is -0.343 e. The highest BCUT2D eigenvalue weighted by Gasteiger charge is 2.52. The van der Waals surface area contributed by atoms with Crippen LogP contribution in [0, 0.1) is 5.82 Å². The predicted molar refractivity (Wildman–Crippen MR) is 81.0 cm³/mol. The molecular weight excluding hydrogens is 285 g/mol. The zero-order chi connectivity index (χ0) is 15.7. The molecule has 0 radical (unpaired) electrons. The molecule has 2 aliphatic heterocycles. The molecule has 1 atom stereocenters. The number of rotatable bonds is 3. The average Bonchev–Trinajstić information content (AvgIpc) is 2.95. The molecule has 1 spiro atoms. The van der Waals surface area contributed by atoms with Gasteiger partial charge in [0, 0.05) is 39.8 Å². The number of nitrogens with zero attached hydrogens (tertiary/aromatic N) is 5. The molecule has 1 amide bonds. The Morgan fingerprint density at radius 2 is 2.09 bits per heavy atom. The third kappa shape index (κ3) is 2.35. The van der Waals surface area contributed by atoms with Crippen LogP contribution in [0.2, 0.25) is 0 Å². The molecule has 6 nitrogen and oxygen atoms in total. The third-order valence-electron chi connectivity index (χ3n) is 4.54. The van der Waals surface area contributed by atoms with Crippen LogP contribution in [0.25, 0.3) is 0 Å². The number of likely N-dealkylation sites (N-methyl/N-ethyl adjacent to an activating group) is 1. The van der Waals surface area contributed by atoms with Crippen LogP contribution >= 0.6 is 0 Å². The van der Waals surface area contributed by atoms with E-state index in [-0.39, 0.29) is 5.91 Å². The number of halogens is 1. The van der Waals surface area contributed by atoms with Crippen LogP contribution in [-0.2, 0) is 4.79 Å². The van der Waals surface area contributed by atoms with Gasteiger partial charge in [0.15, 0.2) is 5.82 Å². The molecule has 1 aromatic heterocycles. The first-order valence-electron chi connectivity index (χ1n) is 7.41. The fourth-order valence-corrected chi connectivity index (χ4v) is 3.36. The number of aromatic nitrogens is 2. The number of hydrogen-bond donors (Lipinski definition) is 0. The van der Waals surface area contributed by atoms with Crippen molar-refractivity contribution < 1.29 is 9.18 Å². The predicted octanol–water partition coefficient (Wildman–Crippen LogP) is 0.525. The zero-order valence-corrected chi connectivity index (χ0v) is 12.7. The van der Waals surface area contributed by atoms with E-state index >= 15 is 0 Å². The second-order valence-electron chi connectivity index (χ2n) is 5.87. The summed E-state index contributed by atoms with van der Waals surface area (Å²) in [5.74, 6) is 0.141. The lowest BCUT2D eigenvalue weighted by Gasteiger charge is -2.46. The third-order valence-corrected chi connectivity index (χ3v) is 4.54. The van der Waals surface area contributed by atoms with Gasteiger partial charge in [-0.15, -0.1) is 6.58 Å². The summed E-state index contributed by atoms with van der Waals surface area (Å²) < 4.78 is 13.0. The fourth-order valence-electron chi connectivity index (χ4n) is 3.36. The van der Waals surface area contributed by atoms with Crippen molar-refractivity contribution in [1.29, 1.82) is 0 Å². The summed E-state index contributed by atoms with van der Waals surface area (Å²) in [6.45, 7) is 7.22. The monoisotopic (exact) mass is 305 g/mol. The highest BCUT2D eigenvalue weighted by Crippen LogP contribution is 2.33. The first kappa shape index (κ1) is 14.9. The van der Waals surface area contributed by atoms with E-state index in [0.29, 0.717) is 32.0 Å². The van der Waals surface area contributed by atoms with E-state index in [1.54, 1.807) is 4.90 Å².